The fraction of sp³-hybridized carbons (Fsp3) is 0.500. The van der Waals surface area contributed by atoms with Crippen LogP contribution in [-0.4, -0.2) is 23.7 Å². The Balaban J connectivity index is 1.57. The largest absolute Gasteiger partial charge is 0.376 e. The monoisotopic (exact) mass is 338 g/mol. The highest BCUT2D eigenvalue weighted by Gasteiger charge is 2.40. The zero-order valence-corrected chi connectivity index (χ0v) is 12.8. The van der Waals surface area contributed by atoms with Gasteiger partial charge in [0.15, 0.2) is 5.13 Å². The molecular formula is C14H15BrN2OS. The normalized spacial score (nSPS) is 27.0. The Morgan fingerprint density at radius 1 is 1.32 bits per heavy atom. The molecule has 0 spiro atoms. The Labute approximate surface area is 124 Å². The first-order valence-electron chi connectivity index (χ1n) is 6.74. The van der Waals surface area contributed by atoms with Crippen LogP contribution < -0.4 is 5.32 Å². The lowest BCUT2D eigenvalue weighted by atomic mass is 10.1. The van der Waals surface area contributed by atoms with Crippen LogP contribution in [0.4, 0.5) is 5.13 Å². The highest BCUT2D eigenvalue weighted by Crippen LogP contribution is 2.40. The number of benzene rings is 1. The van der Waals surface area contributed by atoms with E-state index in [4.69, 9.17) is 4.74 Å². The van der Waals surface area contributed by atoms with Crippen LogP contribution in [0.3, 0.4) is 0 Å². The molecule has 1 aliphatic carbocycles. The van der Waals surface area contributed by atoms with E-state index >= 15 is 0 Å². The van der Waals surface area contributed by atoms with Crippen molar-refractivity contribution in [2.24, 2.45) is 5.92 Å². The second kappa shape index (κ2) is 4.72. The van der Waals surface area contributed by atoms with Gasteiger partial charge in [-0.3, -0.25) is 0 Å². The summed E-state index contributed by atoms with van der Waals surface area (Å²) in [5, 5.41) is 4.61. The maximum atomic E-state index is 5.86. The quantitative estimate of drug-likeness (QED) is 0.916. The van der Waals surface area contributed by atoms with Gasteiger partial charge in [0.2, 0.25) is 0 Å². The Bertz CT molecular complexity index is 611. The molecule has 1 aromatic carbocycles. The van der Waals surface area contributed by atoms with Gasteiger partial charge in [0, 0.05) is 11.1 Å². The van der Waals surface area contributed by atoms with Crippen LogP contribution in [0.25, 0.3) is 10.2 Å². The minimum Gasteiger partial charge on any atom is -0.376 e. The number of nitrogens with one attached hydrogen (secondary N) is 1. The van der Waals surface area contributed by atoms with E-state index in [9.17, 15) is 0 Å². The zero-order chi connectivity index (χ0) is 12.8. The molecule has 19 heavy (non-hydrogen) atoms. The van der Waals surface area contributed by atoms with Gasteiger partial charge in [-0.05, 0) is 43.4 Å². The maximum Gasteiger partial charge on any atom is 0.184 e. The molecule has 2 aromatic rings. The molecule has 0 amide bonds. The smallest absolute Gasteiger partial charge is 0.184 e. The van der Waals surface area contributed by atoms with Crippen LogP contribution in [0.5, 0.6) is 0 Å². The molecule has 100 valence electrons. The van der Waals surface area contributed by atoms with Crippen molar-refractivity contribution in [3.05, 3.63) is 22.7 Å². The van der Waals surface area contributed by atoms with E-state index in [1.54, 1.807) is 11.3 Å². The number of fused-ring (bicyclic) bond motifs is 1. The maximum absolute atomic E-state index is 5.86. The average Bonchev–Trinajstić information content (AvgIpc) is 3.00. The van der Waals surface area contributed by atoms with E-state index in [2.05, 4.69) is 44.4 Å². The van der Waals surface area contributed by atoms with E-state index in [-0.39, 0.29) is 0 Å². The molecule has 2 unspecified atom stereocenters. The van der Waals surface area contributed by atoms with Crippen molar-refractivity contribution in [1.82, 2.24) is 4.98 Å². The van der Waals surface area contributed by atoms with Gasteiger partial charge >= 0.3 is 0 Å². The molecule has 2 heterocycles. The molecule has 2 fully saturated rings. The highest BCUT2D eigenvalue weighted by atomic mass is 79.9. The third-order valence-corrected chi connectivity index (χ3v) is 5.34. The third kappa shape index (κ3) is 2.39. The Kier molecular flexibility index (Phi) is 3.01. The summed E-state index contributed by atoms with van der Waals surface area (Å²) < 4.78 is 8.17. The molecule has 1 aromatic heterocycles. The Morgan fingerprint density at radius 3 is 3.05 bits per heavy atom. The fourth-order valence-corrected chi connectivity index (χ4v) is 4.03. The summed E-state index contributed by atoms with van der Waals surface area (Å²) in [6.07, 6.45) is 4.16. The number of aromatic nitrogens is 1. The van der Waals surface area contributed by atoms with Crippen LogP contribution in [0.2, 0.25) is 0 Å². The molecule has 1 aliphatic heterocycles. The first-order chi connectivity index (χ1) is 9.29. The van der Waals surface area contributed by atoms with Gasteiger partial charge < -0.3 is 10.1 Å². The molecule has 3 nitrogen and oxygen atoms in total. The second-order valence-corrected chi connectivity index (χ2v) is 7.29. The summed E-state index contributed by atoms with van der Waals surface area (Å²) in [7, 11) is 0. The summed E-state index contributed by atoms with van der Waals surface area (Å²) in [4.78, 5) is 4.67. The lowest BCUT2D eigenvalue weighted by molar-refractivity contribution is 0.0898. The molecule has 2 atom stereocenters. The van der Waals surface area contributed by atoms with Crippen LogP contribution in [0.15, 0.2) is 22.7 Å². The number of thiazole rings is 1. The Hall–Kier alpha value is -0.650. The van der Waals surface area contributed by atoms with Gasteiger partial charge in [0.25, 0.3) is 0 Å². The van der Waals surface area contributed by atoms with Gasteiger partial charge in [0.1, 0.15) is 0 Å². The average molecular weight is 339 g/mol. The van der Waals surface area contributed by atoms with Crippen LogP contribution >= 0.6 is 27.3 Å². The van der Waals surface area contributed by atoms with Crippen molar-refractivity contribution in [3.8, 4) is 0 Å². The predicted molar refractivity (Wildman–Crippen MR) is 81.8 cm³/mol. The van der Waals surface area contributed by atoms with E-state index in [0.717, 1.165) is 34.1 Å². The van der Waals surface area contributed by atoms with E-state index in [1.807, 2.05) is 0 Å². The first-order valence-corrected chi connectivity index (χ1v) is 8.35. The number of hydrogen-bond donors (Lipinski definition) is 1. The van der Waals surface area contributed by atoms with Crippen LogP contribution in [-0.2, 0) is 4.74 Å². The number of halogens is 1. The standard InChI is InChI=1S/C14H15BrN2OS/c15-9-3-4-12-11(7-9)17-14(19-12)16-10-5-6-18-13(10)8-1-2-8/h3-4,7-8,10,13H,1-2,5-6H2,(H,16,17). The summed E-state index contributed by atoms with van der Waals surface area (Å²) in [5.74, 6) is 0.781. The topological polar surface area (TPSA) is 34.1 Å². The lowest BCUT2D eigenvalue weighted by Gasteiger charge is -2.18. The molecule has 2 aliphatic rings. The van der Waals surface area contributed by atoms with Crippen molar-refractivity contribution in [1.29, 1.82) is 0 Å². The molecule has 1 saturated carbocycles. The fourth-order valence-electron chi connectivity index (χ4n) is 2.78. The lowest BCUT2D eigenvalue weighted by Crippen LogP contribution is -2.30. The molecule has 4 rings (SSSR count). The molecular weight excluding hydrogens is 324 g/mol. The summed E-state index contributed by atoms with van der Waals surface area (Å²) in [5.41, 5.74) is 1.06. The SMILES string of the molecule is Brc1ccc2sc(NC3CCOC3C3CC3)nc2c1. The molecule has 5 heteroatoms. The zero-order valence-electron chi connectivity index (χ0n) is 10.4. The van der Waals surface area contributed by atoms with Gasteiger partial charge in [0.05, 0.1) is 22.4 Å². The number of rotatable bonds is 3. The van der Waals surface area contributed by atoms with Gasteiger partial charge in [-0.15, -0.1) is 0 Å². The Morgan fingerprint density at radius 2 is 2.21 bits per heavy atom. The van der Waals surface area contributed by atoms with Crippen molar-refractivity contribution < 1.29 is 4.74 Å². The van der Waals surface area contributed by atoms with Gasteiger partial charge in [-0.1, -0.05) is 27.3 Å². The molecule has 0 radical (unpaired) electrons. The van der Waals surface area contributed by atoms with Crippen LogP contribution in [0, 0.1) is 5.92 Å². The van der Waals surface area contributed by atoms with Crippen LogP contribution in [0.1, 0.15) is 19.3 Å². The number of hydrogen-bond acceptors (Lipinski definition) is 4. The van der Waals surface area contributed by atoms with E-state index < -0.39 is 0 Å². The second-order valence-electron chi connectivity index (χ2n) is 5.34. The minimum absolute atomic E-state index is 0.402. The van der Waals surface area contributed by atoms with E-state index in [1.165, 1.54) is 17.5 Å². The summed E-state index contributed by atoms with van der Waals surface area (Å²) in [6, 6.07) is 6.69. The number of anilines is 1. The predicted octanol–water partition coefficient (Wildman–Crippen LogP) is 4.04. The van der Waals surface area contributed by atoms with Crippen molar-refractivity contribution in [3.63, 3.8) is 0 Å². The molecule has 0 bridgehead atoms. The van der Waals surface area contributed by atoms with Crippen molar-refractivity contribution in [2.75, 3.05) is 11.9 Å². The van der Waals surface area contributed by atoms with E-state index in [0.29, 0.717) is 12.1 Å². The molecule has 1 N–H and O–H groups in total. The van der Waals surface area contributed by atoms with Crippen molar-refractivity contribution >= 4 is 42.6 Å². The minimum atomic E-state index is 0.402. The first kappa shape index (κ1) is 12.1. The number of ether oxygens (including phenoxy) is 1. The van der Waals surface area contributed by atoms with Gasteiger partial charge in [-0.25, -0.2) is 4.98 Å². The highest BCUT2D eigenvalue weighted by molar-refractivity contribution is 9.10. The third-order valence-electron chi connectivity index (χ3n) is 3.88. The number of nitrogens with zero attached hydrogens (tertiary/aromatic N) is 1. The molecule has 1 saturated heterocycles. The van der Waals surface area contributed by atoms with Gasteiger partial charge in [-0.2, -0.15) is 0 Å². The summed E-state index contributed by atoms with van der Waals surface area (Å²) in [6.45, 7) is 0.884. The summed E-state index contributed by atoms with van der Waals surface area (Å²) >= 11 is 5.22. The van der Waals surface area contributed by atoms with Crippen molar-refractivity contribution in [2.45, 2.75) is 31.4 Å².